The van der Waals surface area contributed by atoms with Crippen LogP contribution in [0.5, 0.6) is 0 Å². The molecule has 0 spiro atoms. The number of nitro benzene ring substituents is 1. The average molecular weight is 441 g/mol. The number of carbonyl (C=O) groups is 3. The zero-order valence-corrected chi connectivity index (χ0v) is 17.3. The Morgan fingerprint density at radius 3 is 2.34 bits per heavy atom. The molecule has 154 valence electrons. The zero-order valence-electron chi connectivity index (χ0n) is 15.7. The maximum Gasteiger partial charge on any atom is 0.348 e. The Labute approximate surface area is 174 Å². The third-order valence-corrected chi connectivity index (χ3v) is 5.22. The summed E-state index contributed by atoms with van der Waals surface area (Å²) in [5, 5.41) is 13.3. The molecule has 0 aliphatic rings. The van der Waals surface area contributed by atoms with Gasteiger partial charge in [-0.05, 0) is 32.4 Å². The number of nitrogens with zero attached hydrogens (tertiary/aromatic N) is 1. The average Bonchev–Trinajstić information content (AvgIpc) is 2.97. The first-order valence-electron chi connectivity index (χ1n) is 8.44. The molecule has 0 fully saturated rings. The molecule has 1 N–H and O–H groups in total. The lowest BCUT2D eigenvalue weighted by Crippen LogP contribution is -2.15. The highest BCUT2D eigenvalue weighted by Gasteiger charge is 2.28. The summed E-state index contributed by atoms with van der Waals surface area (Å²) < 4.78 is 10.0. The van der Waals surface area contributed by atoms with E-state index in [9.17, 15) is 24.5 Å². The van der Waals surface area contributed by atoms with E-state index in [-0.39, 0.29) is 44.9 Å². The predicted octanol–water partition coefficient (Wildman–Crippen LogP) is 4.22. The molecule has 0 saturated carbocycles. The SMILES string of the molecule is CCOC(=O)c1sc(NC(=O)c2ccc([N+](=O)[O-])cc2Cl)c(C(=O)OCC)c1C. The number of esters is 2. The van der Waals surface area contributed by atoms with Crippen molar-refractivity contribution in [2.24, 2.45) is 0 Å². The molecular formula is C18H17ClN2O7S. The summed E-state index contributed by atoms with van der Waals surface area (Å²) in [6, 6.07) is 3.38. The summed E-state index contributed by atoms with van der Waals surface area (Å²) in [6.45, 7) is 5.06. The van der Waals surface area contributed by atoms with Crippen LogP contribution in [-0.4, -0.2) is 36.0 Å². The molecule has 1 aromatic carbocycles. The molecule has 0 aliphatic carbocycles. The van der Waals surface area contributed by atoms with Crippen LogP contribution in [0.2, 0.25) is 5.02 Å². The number of nitro groups is 1. The molecule has 2 aromatic rings. The van der Waals surface area contributed by atoms with Crippen molar-refractivity contribution in [3.8, 4) is 0 Å². The first kappa shape index (κ1) is 22.3. The predicted molar refractivity (Wildman–Crippen MR) is 107 cm³/mol. The van der Waals surface area contributed by atoms with Gasteiger partial charge in [0.2, 0.25) is 0 Å². The van der Waals surface area contributed by atoms with E-state index in [2.05, 4.69) is 5.32 Å². The summed E-state index contributed by atoms with van der Waals surface area (Å²) in [6.07, 6.45) is 0. The van der Waals surface area contributed by atoms with E-state index in [1.807, 2.05) is 0 Å². The summed E-state index contributed by atoms with van der Waals surface area (Å²) in [5.41, 5.74) is 0.0504. The summed E-state index contributed by atoms with van der Waals surface area (Å²) in [5.74, 6) is -2.04. The Morgan fingerprint density at radius 1 is 1.17 bits per heavy atom. The van der Waals surface area contributed by atoms with Gasteiger partial charge in [-0.25, -0.2) is 9.59 Å². The van der Waals surface area contributed by atoms with Crippen molar-refractivity contribution in [2.45, 2.75) is 20.8 Å². The fourth-order valence-corrected chi connectivity index (χ4v) is 3.76. The molecule has 1 aromatic heterocycles. The smallest absolute Gasteiger partial charge is 0.348 e. The highest BCUT2D eigenvalue weighted by molar-refractivity contribution is 7.18. The molecule has 0 saturated heterocycles. The summed E-state index contributed by atoms with van der Waals surface area (Å²) >= 11 is 6.85. The van der Waals surface area contributed by atoms with Crippen LogP contribution in [0, 0.1) is 17.0 Å². The van der Waals surface area contributed by atoms with Crippen molar-refractivity contribution in [1.29, 1.82) is 0 Å². The van der Waals surface area contributed by atoms with E-state index in [0.29, 0.717) is 5.56 Å². The Balaban J connectivity index is 2.44. The standard InChI is InChI=1S/C18H17ClN2O7S/c1-4-27-17(23)13-9(3)14(18(24)28-5-2)29-16(13)20-15(22)11-7-6-10(21(25)26)8-12(11)19/h6-8H,4-5H2,1-3H3,(H,20,22). The number of hydrogen-bond acceptors (Lipinski definition) is 8. The van der Waals surface area contributed by atoms with Gasteiger partial charge in [-0.3, -0.25) is 14.9 Å². The number of non-ortho nitro benzene ring substituents is 1. The van der Waals surface area contributed by atoms with Crippen LogP contribution < -0.4 is 5.32 Å². The topological polar surface area (TPSA) is 125 Å². The molecule has 1 amide bonds. The van der Waals surface area contributed by atoms with Gasteiger partial charge < -0.3 is 14.8 Å². The van der Waals surface area contributed by atoms with E-state index in [0.717, 1.165) is 23.5 Å². The lowest BCUT2D eigenvalue weighted by molar-refractivity contribution is -0.384. The van der Waals surface area contributed by atoms with Gasteiger partial charge >= 0.3 is 11.9 Å². The number of thiophene rings is 1. The van der Waals surface area contributed by atoms with Crippen LogP contribution in [-0.2, 0) is 9.47 Å². The van der Waals surface area contributed by atoms with Crippen LogP contribution in [0.25, 0.3) is 0 Å². The van der Waals surface area contributed by atoms with Crippen molar-refractivity contribution >= 4 is 51.5 Å². The third-order valence-electron chi connectivity index (χ3n) is 3.72. The van der Waals surface area contributed by atoms with Crippen molar-refractivity contribution in [3.63, 3.8) is 0 Å². The quantitative estimate of drug-likeness (QED) is 0.388. The number of nitrogens with one attached hydrogen (secondary N) is 1. The van der Waals surface area contributed by atoms with Crippen molar-refractivity contribution < 1.29 is 28.8 Å². The monoisotopic (exact) mass is 440 g/mol. The highest BCUT2D eigenvalue weighted by atomic mass is 35.5. The Bertz CT molecular complexity index is 987. The van der Waals surface area contributed by atoms with Gasteiger partial charge in [0.1, 0.15) is 9.88 Å². The minimum absolute atomic E-state index is 0.0317. The molecule has 0 unspecified atom stereocenters. The van der Waals surface area contributed by atoms with Gasteiger partial charge in [-0.15, -0.1) is 11.3 Å². The molecule has 2 rings (SSSR count). The molecule has 0 bridgehead atoms. The first-order valence-corrected chi connectivity index (χ1v) is 9.63. The van der Waals surface area contributed by atoms with Crippen LogP contribution >= 0.6 is 22.9 Å². The number of halogens is 1. The third kappa shape index (κ3) is 4.90. The first-order chi connectivity index (χ1) is 13.7. The fraction of sp³-hybridized carbons (Fsp3) is 0.278. The molecule has 0 atom stereocenters. The van der Waals surface area contributed by atoms with Gasteiger partial charge in [0.05, 0.1) is 34.3 Å². The molecule has 0 aliphatic heterocycles. The van der Waals surface area contributed by atoms with Crippen LogP contribution in [0.4, 0.5) is 10.7 Å². The lowest BCUT2D eigenvalue weighted by atomic mass is 10.1. The number of hydrogen-bond donors (Lipinski definition) is 1. The van der Waals surface area contributed by atoms with Gasteiger partial charge in [0.15, 0.2) is 0 Å². The molecule has 1 heterocycles. The summed E-state index contributed by atoms with van der Waals surface area (Å²) in [7, 11) is 0. The number of rotatable bonds is 7. The number of anilines is 1. The van der Waals surface area contributed by atoms with Crippen molar-refractivity contribution in [2.75, 3.05) is 18.5 Å². The largest absolute Gasteiger partial charge is 0.462 e. The Morgan fingerprint density at radius 2 is 1.79 bits per heavy atom. The van der Waals surface area contributed by atoms with Crippen molar-refractivity contribution in [3.05, 3.63) is 54.9 Å². The second-order valence-corrected chi connectivity index (χ2v) is 7.00. The van der Waals surface area contributed by atoms with Crippen LogP contribution in [0.3, 0.4) is 0 Å². The molecule has 29 heavy (non-hydrogen) atoms. The zero-order chi connectivity index (χ0) is 21.7. The van der Waals surface area contributed by atoms with Crippen molar-refractivity contribution in [1.82, 2.24) is 0 Å². The van der Waals surface area contributed by atoms with Gasteiger partial charge in [0.25, 0.3) is 11.6 Å². The van der Waals surface area contributed by atoms with Crippen LogP contribution in [0.15, 0.2) is 18.2 Å². The van der Waals surface area contributed by atoms with Gasteiger partial charge in [0, 0.05) is 12.1 Å². The number of benzene rings is 1. The fourth-order valence-electron chi connectivity index (χ4n) is 2.41. The van der Waals surface area contributed by atoms with E-state index in [1.165, 1.54) is 6.07 Å². The maximum absolute atomic E-state index is 12.6. The summed E-state index contributed by atoms with van der Waals surface area (Å²) in [4.78, 5) is 47.5. The van der Waals surface area contributed by atoms with E-state index < -0.39 is 22.8 Å². The minimum Gasteiger partial charge on any atom is -0.462 e. The van der Waals surface area contributed by atoms with Gasteiger partial charge in [-0.2, -0.15) is 0 Å². The van der Waals surface area contributed by atoms with E-state index in [1.54, 1.807) is 20.8 Å². The lowest BCUT2D eigenvalue weighted by Gasteiger charge is -2.08. The van der Waals surface area contributed by atoms with E-state index >= 15 is 0 Å². The second-order valence-electron chi connectivity index (χ2n) is 5.58. The van der Waals surface area contributed by atoms with Gasteiger partial charge in [-0.1, -0.05) is 11.6 Å². The molecule has 9 nitrogen and oxygen atoms in total. The Kier molecular flexibility index (Phi) is 7.29. The molecule has 0 radical (unpaired) electrons. The number of amides is 1. The Hall–Kier alpha value is -2.98. The highest BCUT2D eigenvalue weighted by Crippen LogP contribution is 2.35. The minimum atomic E-state index is -0.707. The molecular weight excluding hydrogens is 424 g/mol. The normalized spacial score (nSPS) is 10.3. The maximum atomic E-state index is 12.6. The number of ether oxygens (including phenoxy) is 2. The van der Waals surface area contributed by atoms with E-state index in [4.69, 9.17) is 21.1 Å². The number of carbonyl (C=O) groups excluding carboxylic acids is 3. The second kappa shape index (κ2) is 9.48. The van der Waals surface area contributed by atoms with Crippen LogP contribution in [0.1, 0.15) is 49.8 Å². The molecule has 11 heteroatoms.